The Bertz CT molecular complexity index is 638. The molecular weight excluding hydrogens is 338 g/mol. The second kappa shape index (κ2) is 11.5. The van der Waals surface area contributed by atoms with Crippen molar-refractivity contribution in [3.8, 4) is 5.75 Å². The molecule has 0 radical (unpaired) electrons. The van der Waals surface area contributed by atoms with Gasteiger partial charge < -0.3 is 15.8 Å². The lowest BCUT2D eigenvalue weighted by molar-refractivity contribution is -0.122. The van der Waals surface area contributed by atoms with Gasteiger partial charge in [0.1, 0.15) is 5.75 Å². The normalized spacial score (nSPS) is 10.2. The molecule has 25 heavy (non-hydrogen) atoms. The number of benzene rings is 2. The summed E-state index contributed by atoms with van der Waals surface area (Å²) < 4.78 is 5.19. The third-order valence-corrected chi connectivity index (χ3v) is 3.69. The molecule has 0 aliphatic rings. The van der Waals surface area contributed by atoms with Gasteiger partial charge >= 0.3 is 0 Å². The van der Waals surface area contributed by atoms with E-state index in [0.29, 0.717) is 32.7 Å². The molecule has 6 heteroatoms. The maximum absolute atomic E-state index is 12.2. The molecular formula is C19H26ClN3O2. The van der Waals surface area contributed by atoms with Crippen molar-refractivity contribution in [3.63, 3.8) is 0 Å². The highest BCUT2D eigenvalue weighted by atomic mass is 35.5. The third kappa shape index (κ3) is 7.56. The molecule has 2 aromatic rings. The molecule has 0 atom stereocenters. The summed E-state index contributed by atoms with van der Waals surface area (Å²) in [5, 5.41) is 2.95. The smallest absolute Gasteiger partial charge is 0.234 e. The Labute approximate surface area is 155 Å². The molecule has 0 spiro atoms. The van der Waals surface area contributed by atoms with Gasteiger partial charge in [0.05, 0.1) is 13.7 Å². The highest BCUT2D eigenvalue weighted by molar-refractivity contribution is 5.85. The molecule has 0 saturated heterocycles. The number of nitrogens with zero attached hydrogens (tertiary/aromatic N) is 1. The number of ether oxygens (including phenoxy) is 1. The van der Waals surface area contributed by atoms with Gasteiger partial charge in [-0.05, 0) is 23.3 Å². The molecule has 0 heterocycles. The highest BCUT2D eigenvalue weighted by Crippen LogP contribution is 2.12. The Kier molecular flexibility index (Phi) is 9.62. The lowest BCUT2D eigenvalue weighted by atomic mass is 10.2. The van der Waals surface area contributed by atoms with E-state index in [0.717, 1.165) is 11.3 Å². The number of carbonyl (C=O) groups is 1. The van der Waals surface area contributed by atoms with Crippen molar-refractivity contribution in [3.05, 3.63) is 65.7 Å². The van der Waals surface area contributed by atoms with Crippen molar-refractivity contribution in [2.45, 2.75) is 13.1 Å². The van der Waals surface area contributed by atoms with Crippen LogP contribution in [-0.2, 0) is 17.9 Å². The first kappa shape index (κ1) is 21.0. The number of hydrogen-bond donors (Lipinski definition) is 2. The first-order valence-electron chi connectivity index (χ1n) is 8.07. The summed E-state index contributed by atoms with van der Waals surface area (Å²) in [5.41, 5.74) is 7.85. The summed E-state index contributed by atoms with van der Waals surface area (Å²) in [5.74, 6) is 0.776. The lowest BCUT2D eigenvalue weighted by Crippen LogP contribution is -2.39. The molecule has 0 aliphatic carbocycles. The van der Waals surface area contributed by atoms with Crippen LogP contribution in [-0.4, -0.2) is 37.6 Å². The maximum Gasteiger partial charge on any atom is 0.234 e. The Balaban J connectivity index is 0.00000312. The van der Waals surface area contributed by atoms with Crippen molar-refractivity contribution in [2.75, 3.05) is 26.7 Å². The van der Waals surface area contributed by atoms with E-state index in [1.807, 2.05) is 42.5 Å². The van der Waals surface area contributed by atoms with Crippen LogP contribution < -0.4 is 15.8 Å². The van der Waals surface area contributed by atoms with Crippen LogP contribution >= 0.6 is 12.4 Å². The van der Waals surface area contributed by atoms with Gasteiger partial charge in [-0.1, -0.05) is 42.5 Å². The van der Waals surface area contributed by atoms with Crippen molar-refractivity contribution < 1.29 is 9.53 Å². The van der Waals surface area contributed by atoms with Gasteiger partial charge in [-0.3, -0.25) is 9.69 Å². The predicted octanol–water partition coefficient (Wildman–Crippen LogP) is 2.19. The summed E-state index contributed by atoms with van der Waals surface area (Å²) in [6, 6.07) is 17.8. The molecule has 0 unspecified atom stereocenters. The molecule has 5 nitrogen and oxygen atoms in total. The number of carbonyl (C=O) groups excluding carboxylic acids is 1. The van der Waals surface area contributed by atoms with Crippen LogP contribution in [0.2, 0.25) is 0 Å². The van der Waals surface area contributed by atoms with Gasteiger partial charge in [0.25, 0.3) is 0 Å². The highest BCUT2D eigenvalue weighted by Gasteiger charge is 2.10. The van der Waals surface area contributed by atoms with Gasteiger partial charge in [0, 0.05) is 26.2 Å². The molecule has 0 bridgehead atoms. The molecule has 1 amide bonds. The number of nitrogens with two attached hydrogens (primary N) is 1. The minimum atomic E-state index is -0.0119. The van der Waals surface area contributed by atoms with E-state index < -0.39 is 0 Å². The van der Waals surface area contributed by atoms with E-state index >= 15 is 0 Å². The van der Waals surface area contributed by atoms with E-state index in [-0.39, 0.29) is 18.3 Å². The topological polar surface area (TPSA) is 67.6 Å². The Hall–Kier alpha value is -2.08. The fraction of sp³-hybridized carbons (Fsp3) is 0.316. The minimum Gasteiger partial charge on any atom is -0.497 e. The van der Waals surface area contributed by atoms with Crippen LogP contribution in [0, 0.1) is 0 Å². The van der Waals surface area contributed by atoms with Gasteiger partial charge in [-0.25, -0.2) is 0 Å². The Morgan fingerprint density at radius 2 is 1.84 bits per heavy atom. The minimum absolute atomic E-state index is 0. The van der Waals surface area contributed by atoms with E-state index in [2.05, 4.69) is 22.3 Å². The SMILES string of the molecule is COc1cccc(CNC(=O)CN(CCN)Cc2ccccc2)c1.Cl. The van der Waals surface area contributed by atoms with Crippen molar-refractivity contribution >= 4 is 18.3 Å². The van der Waals surface area contributed by atoms with Crippen LogP contribution in [0.15, 0.2) is 54.6 Å². The molecule has 0 aromatic heterocycles. The average Bonchev–Trinajstić information content (AvgIpc) is 2.61. The number of hydrogen-bond acceptors (Lipinski definition) is 4. The van der Waals surface area contributed by atoms with E-state index in [1.54, 1.807) is 7.11 Å². The Morgan fingerprint density at radius 1 is 1.12 bits per heavy atom. The summed E-state index contributed by atoms with van der Waals surface area (Å²) in [6.45, 7) is 2.73. The maximum atomic E-state index is 12.2. The zero-order valence-electron chi connectivity index (χ0n) is 14.5. The average molecular weight is 364 g/mol. The molecule has 2 aromatic carbocycles. The van der Waals surface area contributed by atoms with Crippen LogP contribution in [0.5, 0.6) is 5.75 Å². The van der Waals surface area contributed by atoms with Gasteiger partial charge in [0.15, 0.2) is 0 Å². The van der Waals surface area contributed by atoms with Crippen LogP contribution in [0.25, 0.3) is 0 Å². The standard InChI is InChI=1S/C19H25N3O2.ClH/c1-24-18-9-5-8-17(12-18)13-21-19(23)15-22(11-10-20)14-16-6-3-2-4-7-16;/h2-9,12H,10-11,13-15,20H2,1H3,(H,21,23);1H. The first-order valence-corrected chi connectivity index (χ1v) is 8.07. The van der Waals surface area contributed by atoms with Crippen molar-refractivity contribution in [1.29, 1.82) is 0 Å². The van der Waals surface area contributed by atoms with Crippen molar-refractivity contribution in [2.24, 2.45) is 5.73 Å². The van der Waals surface area contributed by atoms with E-state index in [1.165, 1.54) is 5.56 Å². The summed E-state index contributed by atoms with van der Waals surface area (Å²) in [4.78, 5) is 14.3. The fourth-order valence-corrected chi connectivity index (χ4v) is 2.48. The molecule has 0 fully saturated rings. The lowest BCUT2D eigenvalue weighted by Gasteiger charge is -2.21. The second-order valence-corrected chi connectivity index (χ2v) is 5.61. The number of rotatable bonds is 9. The zero-order chi connectivity index (χ0) is 17.2. The van der Waals surface area contributed by atoms with E-state index in [4.69, 9.17) is 10.5 Å². The van der Waals surface area contributed by atoms with Crippen LogP contribution in [0.3, 0.4) is 0 Å². The quantitative estimate of drug-likeness (QED) is 0.716. The third-order valence-electron chi connectivity index (χ3n) is 3.69. The number of methoxy groups -OCH3 is 1. The summed E-state index contributed by atoms with van der Waals surface area (Å²) >= 11 is 0. The fourth-order valence-electron chi connectivity index (χ4n) is 2.48. The summed E-state index contributed by atoms with van der Waals surface area (Å²) in [6.07, 6.45) is 0. The van der Waals surface area contributed by atoms with Crippen LogP contribution in [0.1, 0.15) is 11.1 Å². The second-order valence-electron chi connectivity index (χ2n) is 5.61. The first-order chi connectivity index (χ1) is 11.7. The number of nitrogens with one attached hydrogen (secondary N) is 1. The molecule has 3 N–H and O–H groups in total. The summed E-state index contributed by atoms with van der Waals surface area (Å²) in [7, 11) is 1.63. The molecule has 2 rings (SSSR count). The van der Waals surface area contributed by atoms with Crippen molar-refractivity contribution in [1.82, 2.24) is 10.2 Å². The Morgan fingerprint density at radius 3 is 2.52 bits per heavy atom. The largest absolute Gasteiger partial charge is 0.497 e. The van der Waals surface area contributed by atoms with Crippen LogP contribution in [0.4, 0.5) is 0 Å². The monoisotopic (exact) mass is 363 g/mol. The van der Waals surface area contributed by atoms with E-state index in [9.17, 15) is 4.79 Å². The molecule has 0 aliphatic heterocycles. The predicted molar refractivity (Wildman–Crippen MR) is 103 cm³/mol. The number of halogens is 1. The zero-order valence-corrected chi connectivity index (χ0v) is 15.3. The molecule has 136 valence electrons. The van der Waals surface area contributed by atoms with Gasteiger partial charge in [-0.15, -0.1) is 12.4 Å². The van der Waals surface area contributed by atoms with Gasteiger partial charge in [-0.2, -0.15) is 0 Å². The number of amides is 1. The van der Waals surface area contributed by atoms with Gasteiger partial charge in [0.2, 0.25) is 5.91 Å². The molecule has 0 saturated carbocycles.